The Balaban J connectivity index is 2.59. The zero-order valence-electron chi connectivity index (χ0n) is 10.6. The fraction of sp³-hybridized carbons (Fsp3) is 0.833. The van der Waals surface area contributed by atoms with Gasteiger partial charge < -0.3 is 16.6 Å². The van der Waals surface area contributed by atoms with Crippen LogP contribution in [-0.4, -0.2) is 23.6 Å². The van der Waals surface area contributed by atoms with Gasteiger partial charge in [0.25, 0.3) is 0 Å². The molecule has 0 aromatic heterocycles. The van der Waals surface area contributed by atoms with Gasteiger partial charge in [0.15, 0.2) is 5.96 Å². The summed E-state index contributed by atoms with van der Waals surface area (Å²) in [5, 5.41) is 9.40. The zero-order valence-corrected chi connectivity index (χ0v) is 10.6. The zero-order chi connectivity index (χ0) is 13.1. The van der Waals surface area contributed by atoms with Gasteiger partial charge in [0.05, 0.1) is 5.41 Å². The monoisotopic (exact) mass is 241 g/mol. The third kappa shape index (κ3) is 3.11. The molecule has 0 aromatic carbocycles. The summed E-state index contributed by atoms with van der Waals surface area (Å²) in [6, 6.07) is 0. The van der Waals surface area contributed by atoms with Crippen molar-refractivity contribution in [2.45, 2.75) is 39.5 Å². The first-order valence-electron chi connectivity index (χ1n) is 6.17. The number of carboxylic acid groups (broad SMARTS) is 1. The average molecular weight is 241 g/mol. The Kier molecular flexibility index (Phi) is 4.37. The highest BCUT2D eigenvalue weighted by atomic mass is 16.4. The summed E-state index contributed by atoms with van der Waals surface area (Å²) >= 11 is 0. The average Bonchev–Trinajstić information content (AvgIpc) is 2.26. The molecule has 17 heavy (non-hydrogen) atoms. The van der Waals surface area contributed by atoms with E-state index in [-0.39, 0.29) is 11.9 Å². The third-order valence-electron chi connectivity index (χ3n) is 4.06. The molecule has 0 aromatic rings. The highest BCUT2D eigenvalue weighted by Gasteiger charge is 2.44. The lowest BCUT2D eigenvalue weighted by atomic mass is 9.64. The molecule has 0 unspecified atom stereocenters. The minimum atomic E-state index is -0.659. The quantitative estimate of drug-likeness (QED) is 0.508. The summed E-state index contributed by atoms with van der Waals surface area (Å²) in [6.07, 6.45) is 3.23. The molecular weight excluding hydrogens is 218 g/mol. The van der Waals surface area contributed by atoms with Crippen LogP contribution in [0.1, 0.15) is 39.5 Å². The maximum atomic E-state index is 11.4. The molecule has 1 aliphatic carbocycles. The van der Waals surface area contributed by atoms with Gasteiger partial charge in [-0.25, -0.2) is 0 Å². The molecule has 1 rings (SSSR count). The van der Waals surface area contributed by atoms with Gasteiger partial charge in [0.1, 0.15) is 0 Å². The number of hydrogen-bond donors (Lipinski definition) is 3. The van der Waals surface area contributed by atoms with E-state index in [4.69, 9.17) is 11.5 Å². The number of rotatable bonds is 4. The molecule has 0 amide bonds. The SMILES string of the molecule is CC(C)C1(C(=O)O)CCC(CN=C(N)N)CC1. The summed E-state index contributed by atoms with van der Waals surface area (Å²) in [5.74, 6) is 0.0454. The number of nitrogens with zero attached hydrogens (tertiary/aromatic N) is 1. The molecule has 1 aliphatic rings. The van der Waals surface area contributed by atoms with Crippen LogP contribution in [0.2, 0.25) is 0 Å². The summed E-state index contributed by atoms with van der Waals surface area (Å²) < 4.78 is 0. The molecule has 0 aliphatic heterocycles. The van der Waals surface area contributed by atoms with E-state index in [9.17, 15) is 9.90 Å². The third-order valence-corrected chi connectivity index (χ3v) is 4.06. The topological polar surface area (TPSA) is 102 Å². The molecule has 5 nitrogen and oxygen atoms in total. The largest absolute Gasteiger partial charge is 0.481 e. The first-order chi connectivity index (χ1) is 7.88. The van der Waals surface area contributed by atoms with Gasteiger partial charge in [-0.2, -0.15) is 0 Å². The Morgan fingerprint density at radius 1 is 1.41 bits per heavy atom. The van der Waals surface area contributed by atoms with Crippen molar-refractivity contribution in [2.24, 2.45) is 33.7 Å². The number of aliphatic carboxylic acids is 1. The predicted molar refractivity (Wildman–Crippen MR) is 67.5 cm³/mol. The number of carbonyl (C=O) groups is 1. The van der Waals surface area contributed by atoms with Crippen LogP contribution >= 0.6 is 0 Å². The van der Waals surface area contributed by atoms with Gasteiger partial charge in [-0.3, -0.25) is 9.79 Å². The Labute approximate surface area is 102 Å². The lowest BCUT2D eigenvalue weighted by Gasteiger charge is -2.39. The van der Waals surface area contributed by atoms with E-state index < -0.39 is 11.4 Å². The minimum absolute atomic E-state index is 0.115. The van der Waals surface area contributed by atoms with Crippen molar-refractivity contribution >= 4 is 11.9 Å². The molecule has 0 radical (unpaired) electrons. The molecule has 5 heteroatoms. The van der Waals surface area contributed by atoms with Crippen LogP contribution in [0.15, 0.2) is 4.99 Å². The van der Waals surface area contributed by atoms with E-state index in [1.165, 1.54) is 0 Å². The van der Waals surface area contributed by atoms with Crippen molar-refractivity contribution in [3.8, 4) is 0 Å². The molecule has 1 fully saturated rings. The second-order valence-corrected chi connectivity index (χ2v) is 5.32. The van der Waals surface area contributed by atoms with Crippen molar-refractivity contribution in [3.05, 3.63) is 0 Å². The van der Waals surface area contributed by atoms with Crippen molar-refractivity contribution in [1.82, 2.24) is 0 Å². The molecule has 0 spiro atoms. The van der Waals surface area contributed by atoms with Crippen molar-refractivity contribution in [1.29, 1.82) is 0 Å². The van der Waals surface area contributed by atoms with E-state index in [1.807, 2.05) is 13.8 Å². The summed E-state index contributed by atoms with van der Waals surface area (Å²) in [5.41, 5.74) is 10.0. The highest BCUT2D eigenvalue weighted by Crippen LogP contribution is 2.44. The van der Waals surface area contributed by atoms with E-state index in [1.54, 1.807) is 0 Å². The van der Waals surface area contributed by atoms with E-state index in [0.717, 1.165) is 25.7 Å². The summed E-state index contributed by atoms with van der Waals surface area (Å²) in [4.78, 5) is 15.4. The molecule has 98 valence electrons. The standard InChI is InChI=1S/C12H23N3O2/c1-8(2)12(10(16)17)5-3-9(4-6-12)7-15-11(13)14/h8-9H,3-7H2,1-2H3,(H,16,17)(H4,13,14,15). The lowest BCUT2D eigenvalue weighted by Crippen LogP contribution is -2.40. The van der Waals surface area contributed by atoms with Crippen LogP contribution in [0.25, 0.3) is 0 Å². The smallest absolute Gasteiger partial charge is 0.309 e. The summed E-state index contributed by atoms with van der Waals surface area (Å²) in [7, 11) is 0. The fourth-order valence-electron chi connectivity index (χ4n) is 2.65. The number of carboxylic acids is 1. The van der Waals surface area contributed by atoms with Crippen LogP contribution in [0.4, 0.5) is 0 Å². The van der Waals surface area contributed by atoms with Crippen LogP contribution in [0.5, 0.6) is 0 Å². The second kappa shape index (κ2) is 5.38. The van der Waals surface area contributed by atoms with Gasteiger partial charge in [0, 0.05) is 6.54 Å². The Morgan fingerprint density at radius 2 is 1.94 bits per heavy atom. The molecular formula is C12H23N3O2. The highest BCUT2D eigenvalue weighted by molar-refractivity contribution is 5.76. The first kappa shape index (κ1) is 13.8. The van der Waals surface area contributed by atoms with Gasteiger partial charge in [0.2, 0.25) is 0 Å². The summed E-state index contributed by atoms with van der Waals surface area (Å²) in [6.45, 7) is 4.60. The van der Waals surface area contributed by atoms with E-state index >= 15 is 0 Å². The number of guanidine groups is 1. The molecule has 0 atom stereocenters. The van der Waals surface area contributed by atoms with Crippen LogP contribution in [0, 0.1) is 17.3 Å². The van der Waals surface area contributed by atoms with Gasteiger partial charge in [-0.15, -0.1) is 0 Å². The Morgan fingerprint density at radius 3 is 2.29 bits per heavy atom. The van der Waals surface area contributed by atoms with Crippen molar-refractivity contribution in [3.63, 3.8) is 0 Å². The fourth-order valence-corrected chi connectivity index (χ4v) is 2.65. The molecule has 5 N–H and O–H groups in total. The molecule has 1 saturated carbocycles. The van der Waals surface area contributed by atoms with Gasteiger partial charge >= 0.3 is 5.97 Å². The molecule has 0 heterocycles. The maximum Gasteiger partial charge on any atom is 0.309 e. The molecule has 0 saturated heterocycles. The number of aliphatic imine (C=N–C) groups is 1. The first-order valence-corrected chi connectivity index (χ1v) is 6.17. The normalized spacial score (nSPS) is 29.0. The predicted octanol–water partition coefficient (Wildman–Crippen LogP) is 1.18. The Bertz CT molecular complexity index is 301. The second-order valence-electron chi connectivity index (χ2n) is 5.32. The van der Waals surface area contributed by atoms with Gasteiger partial charge in [-0.1, -0.05) is 13.8 Å². The van der Waals surface area contributed by atoms with Gasteiger partial charge in [-0.05, 0) is 37.5 Å². The van der Waals surface area contributed by atoms with Crippen LogP contribution in [0.3, 0.4) is 0 Å². The molecule has 0 bridgehead atoms. The van der Waals surface area contributed by atoms with Crippen LogP contribution in [-0.2, 0) is 4.79 Å². The minimum Gasteiger partial charge on any atom is -0.481 e. The maximum absolute atomic E-state index is 11.4. The van der Waals surface area contributed by atoms with Crippen LogP contribution < -0.4 is 11.5 Å². The van der Waals surface area contributed by atoms with Crippen molar-refractivity contribution in [2.75, 3.05) is 6.54 Å². The van der Waals surface area contributed by atoms with Crippen molar-refractivity contribution < 1.29 is 9.90 Å². The number of hydrogen-bond acceptors (Lipinski definition) is 2. The lowest BCUT2D eigenvalue weighted by molar-refractivity contribution is -0.155. The Hall–Kier alpha value is -1.26. The van der Waals surface area contributed by atoms with E-state index in [0.29, 0.717) is 12.5 Å². The van der Waals surface area contributed by atoms with E-state index in [2.05, 4.69) is 4.99 Å². The number of nitrogens with two attached hydrogens (primary N) is 2.